The monoisotopic (exact) mass is 319 g/mol. The topological polar surface area (TPSA) is 66.8 Å². The predicted molar refractivity (Wildman–Crippen MR) is 83.3 cm³/mol. The molecule has 1 N–H and O–H groups in total. The molecule has 0 aromatic carbocycles. The molecule has 1 saturated carbocycles. The highest BCUT2D eigenvalue weighted by molar-refractivity contribution is 5.98. The Balaban J connectivity index is 1.84. The van der Waals surface area contributed by atoms with Crippen molar-refractivity contribution in [3.8, 4) is 0 Å². The summed E-state index contributed by atoms with van der Waals surface area (Å²) in [5.41, 5.74) is 0.463. The number of nitrogens with zero attached hydrogens (tertiary/aromatic N) is 1. The standard InChI is InChI=1S/C18H25NO4/c1-11-8-12-10-18(22)15-13(16(21)23-18)4-7-19(2)6-3-5-17(12,15)14(20)9-11/h9,12-13,15,22H,3-8,10H2,1-2H3/t12-,13-,15+,17+,18-/m0/s1. The summed E-state index contributed by atoms with van der Waals surface area (Å²) < 4.78 is 5.47. The third-order valence-corrected chi connectivity index (χ3v) is 6.65. The quantitative estimate of drug-likeness (QED) is 0.686. The Kier molecular flexibility index (Phi) is 3.27. The highest BCUT2D eigenvalue weighted by Crippen LogP contribution is 2.65. The number of aliphatic hydroxyl groups is 1. The van der Waals surface area contributed by atoms with Crippen molar-refractivity contribution in [1.82, 2.24) is 4.90 Å². The largest absolute Gasteiger partial charge is 0.433 e. The lowest BCUT2D eigenvalue weighted by molar-refractivity contribution is -0.199. The Morgan fingerprint density at radius 2 is 2.13 bits per heavy atom. The van der Waals surface area contributed by atoms with Gasteiger partial charge < -0.3 is 14.7 Å². The van der Waals surface area contributed by atoms with Gasteiger partial charge in [-0.3, -0.25) is 9.59 Å². The van der Waals surface area contributed by atoms with Crippen LogP contribution in [0.3, 0.4) is 0 Å². The van der Waals surface area contributed by atoms with Crippen LogP contribution in [-0.2, 0) is 14.3 Å². The number of ketones is 1. The summed E-state index contributed by atoms with van der Waals surface area (Å²) in [4.78, 5) is 27.7. The zero-order chi connectivity index (χ0) is 16.4. The second-order valence-corrected chi connectivity index (χ2v) is 8.05. The number of esters is 1. The number of ether oxygens (including phenoxy) is 1. The molecule has 5 nitrogen and oxygen atoms in total. The number of hydrogen-bond acceptors (Lipinski definition) is 5. The first kappa shape index (κ1) is 15.3. The molecule has 3 fully saturated rings. The molecule has 5 heteroatoms. The van der Waals surface area contributed by atoms with Gasteiger partial charge in [0, 0.05) is 11.8 Å². The molecule has 0 bridgehead atoms. The van der Waals surface area contributed by atoms with Crippen LogP contribution in [0.2, 0.25) is 0 Å². The lowest BCUT2D eigenvalue weighted by Gasteiger charge is -2.41. The molecule has 4 aliphatic rings. The average Bonchev–Trinajstić information content (AvgIpc) is 2.86. The Morgan fingerprint density at radius 3 is 2.91 bits per heavy atom. The van der Waals surface area contributed by atoms with Crippen molar-refractivity contribution in [2.45, 2.75) is 44.8 Å². The molecule has 4 rings (SSSR count). The minimum atomic E-state index is -1.44. The molecule has 126 valence electrons. The van der Waals surface area contributed by atoms with Gasteiger partial charge in [0.05, 0.1) is 11.8 Å². The molecule has 5 atom stereocenters. The van der Waals surface area contributed by atoms with Crippen molar-refractivity contribution in [1.29, 1.82) is 0 Å². The molecule has 2 heterocycles. The van der Waals surface area contributed by atoms with E-state index in [4.69, 9.17) is 4.74 Å². The van der Waals surface area contributed by atoms with E-state index in [2.05, 4.69) is 11.9 Å². The van der Waals surface area contributed by atoms with Gasteiger partial charge in [0.2, 0.25) is 5.79 Å². The van der Waals surface area contributed by atoms with E-state index in [0.717, 1.165) is 37.9 Å². The molecular formula is C18H25NO4. The van der Waals surface area contributed by atoms with Crippen molar-refractivity contribution in [3.63, 3.8) is 0 Å². The second kappa shape index (κ2) is 4.90. The molecule has 2 aliphatic heterocycles. The van der Waals surface area contributed by atoms with Crippen LogP contribution >= 0.6 is 0 Å². The van der Waals surface area contributed by atoms with Crippen LogP contribution in [0.1, 0.15) is 39.0 Å². The molecule has 23 heavy (non-hydrogen) atoms. The first-order chi connectivity index (χ1) is 10.9. The van der Waals surface area contributed by atoms with E-state index < -0.39 is 11.2 Å². The van der Waals surface area contributed by atoms with Gasteiger partial charge in [-0.1, -0.05) is 5.57 Å². The maximum absolute atomic E-state index is 13.1. The van der Waals surface area contributed by atoms with Gasteiger partial charge in [-0.25, -0.2) is 0 Å². The average molecular weight is 319 g/mol. The van der Waals surface area contributed by atoms with Crippen LogP contribution in [-0.4, -0.2) is 47.7 Å². The van der Waals surface area contributed by atoms with Crippen LogP contribution in [0, 0.1) is 23.2 Å². The third-order valence-electron chi connectivity index (χ3n) is 6.65. The number of allylic oxidation sites excluding steroid dienone is 2. The van der Waals surface area contributed by atoms with Crippen molar-refractivity contribution in [2.75, 3.05) is 20.1 Å². The number of carbonyl (C=O) groups excluding carboxylic acids is 2. The van der Waals surface area contributed by atoms with Crippen LogP contribution in [0.4, 0.5) is 0 Å². The van der Waals surface area contributed by atoms with E-state index >= 15 is 0 Å². The highest BCUT2D eigenvalue weighted by atomic mass is 16.7. The Hall–Kier alpha value is -1.20. The minimum Gasteiger partial charge on any atom is -0.433 e. The first-order valence-electron chi connectivity index (χ1n) is 8.72. The van der Waals surface area contributed by atoms with Gasteiger partial charge in [0.25, 0.3) is 0 Å². The normalized spacial score (nSPS) is 47.1. The fraction of sp³-hybridized carbons (Fsp3) is 0.778. The van der Waals surface area contributed by atoms with E-state index in [1.807, 2.05) is 6.92 Å². The van der Waals surface area contributed by atoms with Crippen molar-refractivity contribution in [3.05, 3.63) is 11.6 Å². The van der Waals surface area contributed by atoms with E-state index in [0.29, 0.717) is 12.8 Å². The Morgan fingerprint density at radius 1 is 1.35 bits per heavy atom. The summed E-state index contributed by atoms with van der Waals surface area (Å²) in [5, 5.41) is 11.1. The Labute approximate surface area is 136 Å². The summed E-state index contributed by atoms with van der Waals surface area (Å²) in [5.74, 6) is -2.29. The maximum Gasteiger partial charge on any atom is 0.312 e. The fourth-order valence-corrected chi connectivity index (χ4v) is 5.78. The van der Waals surface area contributed by atoms with E-state index in [1.165, 1.54) is 0 Å². The third kappa shape index (κ3) is 1.99. The van der Waals surface area contributed by atoms with E-state index in [9.17, 15) is 14.7 Å². The Bertz CT molecular complexity index is 600. The first-order valence-corrected chi connectivity index (χ1v) is 8.72. The predicted octanol–water partition coefficient (Wildman–Crippen LogP) is 1.51. The molecular weight excluding hydrogens is 294 g/mol. The summed E-state index contributed by atoms with van der Waals surface area (Å²) in [6.07, 6.45) is 5.30. The van der Waals surface area contributed by atoms with Crippen LogP contribution in [0.15, 0.2) is 11.6 Å². The molecule has 0 aromatic rings. The van der Waals surface area contributed by atoms with Gasteiger partial charge in [-0.05, 0) is 64.7 Å². The molecule has 1 spiro atoms. The summed E-state index contributed by atoms with van der Waals surface area (Å²) in [7, 11) is 2.05. The number of rotatable bonds is 0. The van der Waals surface area contributed by atoms with E-state index in [-0.39, 0.29) is 29.5 Å². The van der Waals surface area contributed by atoms with Gasteiger partial charge in [0.1, 0.15) is 0 Å². The zero-order valence-corrected chi connectivity index (χ0v) is 13.9. The van der Waals surface area contributed by atoms with Crippen molar-refractivity contribution in [2.24, 2.45) is 23.2 Å². The van der Waals surface area contributed by atoms with Crippen LogP contribution in [0.25, 0.3) is 0 Å². The zero-order valence-electron chi connectivity index (χ0n) is 13.9. The molecule has 2 saturated heterocycles. The van der Waals surface area contributed by atoms with Crippen molar-refractivity contribution >= 4 is 11.8 Å². The second-order valence-electron chi connectivity index (χ2n) is 8.05. The van der Waals surface area contributed by atoms with E-state index in [1.54, 1.807) is 6.08 Å². The molecule has 0 unspecified atom stereocenters. The smallest absolute Gasteiger partial charge is 0.312 e. The lowest BCUT2D eigenvalue weighted by Crippen LogP contribution is -2.47. The summed E-state index contributed by atoms with van der Waals surface area (Å²) in [6.45, 7) is 3.71. The maximum atomic E-state index is 13.1. The fourth-order valence-electron chi connectivity index (χ4n) is 5.78. The lowest BCUT2D eigenvalue weighted by atomic mass is 9.59. The summed E-state index contributed by atoms with van der Waals surface area (Å²) >= 11 is 0. The number of carbonyl (C=O) groups is 2. The highest BCUT2D eigenvalue weighted by Gasteiger charge is 2.73. The van der Waals surface area contributed by atoms with Gasteiger partial charge >= 0.3 is 5.97 Å². The molecule has 0 amide bonds. The van der Waals surface area contributed by atoms with Gasteiger partial charge in [0.15, 0.2) is 5.78 Å². The molecule has 0 aromatic heterocycles. The van der Waals surface area contributed by atoms with Crippen LogP contribution in [0.5, 0.6) is 0 Å². The number of hydrogen-bond donors (Lipinski definition) is 1. The van der Waals surface area contributed by atoms with Crippen LogP contribution < -0.4 is 0 Å². The molecule has 2 aliphatic carbocycles. The summed E-state index contributed by atoms with van der Waals surface area (Å²) in [6, 6.07) is 0. The SMILES string of the molecule is CC1=CC(=O)[C@@]23CCCN(C)CC[C@@H]4C(=O)O[C@@](O)(C[C@@H]2C1)[C@H]43. The van der Waals surface area contributed by atoms with Gasteiger partial charge in [-0.2, -0.15) is 0 Å². The van der Waals surface area contributed by atoms with Crippen molar-refractivity contribution < 1.29 is 19.4 Å². The minimum absolute atomic E-state index is 0.0917. The van der Waals surface area contributed by atoms with Gasteiger partial charge in [-0.15, -0.1) is 0 Å². The molecule has 0 radical (unpaired) electrons.